The van der Waals surface area contributed by atoms with E-state index in [1.165, 1.54) is 0 Å². The van der Waals surface area contributed by atoms with Gasteiger partial charge in [0.1, 0.15) is 0 Å². The summed E-state index contributed by atoms with van der Waals surface area (Å²) < 4.78 is 37.7. The second kappa shape index (κ2) is 5.23. The van der Waals surface area contributed by atoms with Crippen LogP contribution in [0.25, 0.3) is 0 Å². The van der Waals surface area contributed by atoms with Crippen LogP contribution in [0, 0.1) is 5.92 Å². The van der Waals surface area contributed by atoms with Crippen molar-refractivity contribution < 1.29 is 22.7 Å². The first-order chi connectivity index (χ1) is 8.80. The molecule has 19 heavy (non-hydrogen) atoms. The maximum absolute atomic E-state index is 11.7. The molecule has 0 radical (unpaired) electrons. The molecule has 2 aliphatic rings. The van der Waals surface area contributed by atoms with Crippen molar-refractivity contribution in [1.29, 1.82) is 0 Å². The fourth-order valence-electron chi connectivity index (χ4n) is 2.45. The van der Waals surface area contributed by atoms with Gasteiger partial charge < -0.3 is 15.2 Å². The van der Waals surface area contributed by atoms with Gasteiger partial charge in [0.2, 0.25) is 0 Å². The first-order valence-corrected chi connectivity index (χ1v) is 7.66. The Morgan fingerprint density at radius 3 is 2.79 bits per heavy atom. The summed E-state index contributed by atoms with van der Waals surface area (Å²) in [6, 6.07) is -0.790. The maximum atomic E-state index is 11.7. The molecular formula is C10H19N3O5S. The smallest absolute Gasteiger partial charge is 0.422 e. The predicted octanol–water partition coefficient (Wildman–Crippen LogP) is -0.930. The highest BCUT2D eigenvalue weighted by atomic mass is 32.2. The lowest BCUT2D eigenvalue weighted by molar-refractivity contribution is -0.00938. The number of amides is 1. The Morgan fingerprint density at radius 2 is 2.16 bits per heavy atom. The van der Waals surface area contributed by atoms with Gasteiger partial charge in [-0.05, 0) is 20.3 Å². The van der Waals surface area contributed by atoms with Crippen molar-refractivity contribution in [1.82, 2.24) is 9.44 Å². The second-order valence-corrected chi connectivity index (χ2v) is 6.52. The molecule has 2 rings (SSSR count). The molecule has 1 aliphatic heterocycles. The number of nitrogens with one attached hydrogen (secondary N) is 2. The monoisotopic (exact) mass is 293 g/mol. The lowest BCUT2D eigenvalue weighted by Gasteiger charge is -2.45. The van der Waals surface area contributed by atoms with Crippen LogP contribution in [0.2, 0.25) is 0 Å². The Morgan fingerprint density at radius 1 is 1.47 bits per heavy atom. The third-order valence-electron chi connectivity index (χ3n) is 3.30. The Kier molecular flexibility index (Phi) is 4.00. The Labute approximate surface area is 112 Å². The molecule has 2 fully saturated rings. The fourth-order valence-corrected chi connectivity index (χ4v) is 3.43. The minimum atomic E-state index is -3.99. The predicted molar refractivity (Wildman–Crippen MR) is 66.4 cm³/mol. The van der Waals surface area contributed by atoms with Gasteiger partial charge in [0, 0.05) is 18.6 Å². The van der Waals surface area contributed by atoms with Crippen LogP contribution in [0.3, 0.4) is 0 Å². The molecule has 1 saturated heterocycles. The van der Waals surface area contributed by atoms with Crippen molar-refractivity contribution >= 4 is 16.3 Å². The number of carbonyl (C=O) groups is 1. The zero-order valence-corrected chi connectivity index (χ0v) is 11.6. The Bertz CT molecular complexity index is 452. The van der Waals surface area contributed by atoms with E-state index in [4.69, 9.17) is 15.2 Å². The van der Waals surface area contributed by atoms with Gasteiger partial charge in [-0.2, -0.15) is 13.1 Å². The fraction of sp³-hybridized carbons (Fsp3) is 0.900. The largest absolute Gasteiger partial charge is 0.446 e. The van der Waals surface area contributed by atoms with Gasteiger partial charge in [-0.25, -0.2) is 9.52 Å². The first kappa shape index (κ1) is 14.5. The molecule has 1 saturated carbocycles. The van der Waals surface area contributed by atoms with Crippen LogP contribution in [-0.4, -0.2) is 45.4 Å². The molecule has 110 valence electrons. The summed E-state index contributed by atoms with van der Waals surface area (Å²) in [5.41, 5.74) is 5.88. The van der Waals surface area contributed by atoms with Gasteiger partial charge in [0.25, 0.3) is 0 Å². The summed E-state index contributed by atoms with van der Waals surface area (Å²) >= 11 is 0. The number of hydrogen-bond acceptors (Lipinski definition) is 6. The van der Waals surface area contributed by atoms with E-state index in [9.17, 15) is 13.2 Å². The van der Waals surface area contributed by atoms with Crippen LogP contribution in [0.15, 0.2) is 0 Å². The minimum Gasteiger partial charge on any atom is -0.446 e. The van der Waals surface area contributed by atoms with Crippen LogP contribution in [0.5, 0.6) is 0 Å². The van der Waals surface area contributed by atoms with Gasteiger partial charge in [-0.1, -0.05) is 0 Å². The van der Waals surface area contributed by atoms with E-state index in [2.05, 4.69) is 4.72 Å². The molecule has 4 N–H and O–H groups in total. The number of nitrogens with two attached hydrogens (primary N) is 1. The van der Waals surface area contributed by atoms with Gasteiger partial charge in [0.05, 0.1) is 18.2 Å². The molecule has 0 spiro atoms. The number of carbonyl (C=O) groups excluding carboxylic acids is 1. The van der Waals surface area contributed by atoms with Gasteiger partial charge >= 0.3 is 16.3 Å². The molecule has 0 aromatic carbocycles. The molecule has 0 aromatic rings. The van der Waals surface area contributed by atoms with Crippen LogP contribution in [0.1, 0.15) is 20.3 Å². The molecule has 1 heterocycles. The van der Waals surface area contributed by atoms with Crippen molar-refractivity contribution in [2.24, 2.45) is 11.7 Å². The summed E-state index contributed by atoms with van der Waals surface area (Å²) in [6.45, 7) is 3.83. The maximum Gasteiger partial charge on any atom is 0.422 e. The van der Waals surface area contributed by atoms with Crippen LogP contribution >= 0.6 is 0 Å². The molecule has 8 nitrogen and oxygen atoms in total. The van der Waals surface area contributed by atoms with Gasteiger partial charge in [0.15, 0.2) is 0 Å². The second-order valence-electron chi connectivity index (χ2n) is 5.07. The first-order valence-electron chi connectivity index (χ1n) is 6.18. The highest BCUT2D eigenvalue weighted by Gasteiger charge is 2.53. The van der Waals surface area contributed by atoms with E-state index >= 15 is 0 Å². The number of rotatable bonds is 4. The quantitative estimate of drug-likeness (QED) is 0.616. The third-order valence-corrected chi connectivity index (χ3v) is 4.32. The summed E-state index contributed by atoms with van der Waals surface area (Å²) in [6.07, 6.45) is -0.775. The number of ether oxygens (including phenoxy) is 2. The molecule has 0 aromatic heterocycles. The summed E-state index contributed by atoms with van der Waals surface area (Å²) in [5.74, 6) is 0.190. The van der Waals surface area contributed by atoms with Crippen LogP contribution in [-0.2, 0) is 19.7 Å². The van der Waals surface area contributed by atoms with Crippen molar-refractivity contribution in [2.45, 2.75) is 44.6 Å². The van der Waals surface area contributed by atoms with E-state index in [1.807, 2.05) is 0 Å². The van der Waals surface area contributed by atoms with Gasteiger partial charge in [-0.15, -0.1) is 0 Å². The van der Waals surface area contributed by atoms with E-state index in [0.717, 1.165) is 6.42 Å². The zero-order chi connectivity index (χ0) is 14.2. The molecule has 0 bridgehead atoms. The molecular weight excluding hydrogens is 274 g/mol. The Balaban J connectivity index is 1.89. The average molecular weight is 293 g/mol. The minimum absolute atomic E-state index is 0.190. The van der Waals surface area contributed by atoms with Crippen molar-refractivity contribution in [3.63, 3.8) is 0 Å². The SMILES string of the molecule is CC(C)OC(=O)NS(=O)(=O)NC1C(N)C2CCOC21. The summed E-state index contributed by atoms with van der Waals surface area (Å²) in [5, 5.41) is 0. The zero-order valence-electron chi connectivity index (χ0n) is 10.8. The lowest BCUT2D eigenvalue weighted by Crippen LogP contribution is -2.69. The van der Waals surface area contributed by atoms with Crippen LogP contribution < -0.4 is 15.2 Å². The molecule has 9 heteroatoms. The van der Waals surface area contributed by atoms with E-state index < -0.39 is 28.4 Å². The highest BCUT2D eigenvalue weighted by molar-refractivity contribution is 7.88. The lowest BCUT2D eigenvalue weighted by atomic mass is 9.73. The molecule has 1 aliphatic carbocycles. The van der Waals surface area contributed by atoms with Crippen molar-refractivity contribution in [2.75, 3.05) is 6.61 Å². The number of hydrogen-bond donors (Lipinski definition) is 3. The molecule has 1 amide bonds. The number of fused-ring (bicyclic) bond motifs is 1. The average Bonchev–Trinajstić information content (AvgIpc) is 2.68. The van der Waals surface area contributed by atoms with Gasteiger partial charge in [-0.3, -0.25) is 0 Å². The molecule has 4 unspecified atom stereocenters. The van der Waals surface area contributed by atoms with Crippen LogP contribution in [0.4, 0.5) is 4.79 Å². The highest BCUT2D eigenvalue weighted by Crippen LogP contribution is 2.37. The van der Waals surface area contributed by atoms with Crippen molar-refractivity contribution in [3.8, 4) is 0 Å². The van der Waals surface area contributed by atoms with Crippen molar-refractivity contribution in [3.05, 3.63) is 0 Å². The third kappa shape index (κ3) is 3.16. The van der Waals surface area contributed by atoms with E-state index in [-0.39, 0.29) is 18.1 Å². The topological polar surface area (TPSA) is 120 Å². The molecule has 4 atom stereocenters. The van der Waals surface area contributed by atoms with E-state index in [0.29, 0.717) is 6.61 Å². The van der Waals surface area contributed by atoms with E-state index in [1.54, 1.807) is 18.6 Å². The summed E-state index contributed by atoms with van der Waals surface area (Å²) in [4.78, 5) is 11.3. The Hall–Kier alpha value is -0.900. The normalized spacial score (nSPS) is 33.7. The standard InChI is InChI=1S/C10H19N3O5S/c1-5(2)18-10(14)13-19(15,16)12-8-7(11)6-3-4-17-9(6)8/h5-9,12H,3-4,11H2,1-2H3,(H,13,14). The summed E-state index contributed by atoms with van der Waals surface area (Å²) in [7, 11) is -3.99.